The number of benzene rings is 1. The third-order valence-corrected chi connectivity index (χ3v) is 2.76. The minimum Gasteiger partial charge on any atom is -0.405 e. The highest BCUT2D eigenvalue weighted by atomic mass is 19.4. The molecule has 2 aromatic rings. The number of alkyl halides is 6. The van der Waals surface area contributed by atoms with E-state index < -0.39 is 29.7 Å². The molecule has 0 bridgehead atoms. The van der Waals surface area contributed by atoms with Crippen molar-refractivity contribution in [2.45, 2.75) is 19.1 Å². The Kier molecular flexibility index (Phi) is 4.67. The summed E-state index contributed by atoms with van der Waals surface area (Å²) in [6.07, 6.45) is -8.37. The van der Waals surface area contributed by atoms with Gasteiger partial charge in [0.15, 0.2) is 0 Å². The lowest BCUT2D eigenvalue weighted by Gasteiger charge is -2.16. The summed E-state index contributed by atoms with van der Waals surface area (Å²) in [5.41, 5.74) is -0.960. The zero-order valence-electron chi connectivity index (χ0n) is 11.4. The van der Waals surface area contributed by atoms with Crippen LogP contribution in [0.25, 0.3) is 0 Å². The molecule has 3 nitrogen and oxygen atoms in total. The molecule has 0 saturated carbocycles. The first-order chi connectivity index (χ1) is 10.7. The molecule has 1 aromatic heterocycles. The Balaban J connectivity index is 2.20. The summed E-state index contributed by atoms with van der Waals surface area (Å²) >= 11 is 0. The van der Waals surface area contributed by atoms with Crippen molar-refractivity contribution in [1.82, 2.24) is 4.98 Å². The summed E-state index contributed by atoms with van der Waals surface area (Å²) < 4.78 is 79.2. The summed E-state index contributed by atoms with van der Waals surface area (Å²) in [6.45, 7) is -0.313. The molecule has 0 aliphatic rings. The van der Waals surface area contributed by atoms with Crippen molar-refractivity contribution in [1.29, 1.82) is 0 Å². The van der Waals surface area contributed by atoms with Crippen LogP contribution in [0.3, 0.4) is 0 Å². The predicted molar refractivity (Wildman–Crippen MR) is 69.7 cm³/mol. The van der Waals surface area contributed by atoms with Crippen LogP contribution in [0.15, 0.2) is 42.6 Å². The molecule has 0 aliphatic carbocycles. The fourth-order valence-corrected chi connectivity index (χ4v) is 1.83. The van der Waals surface area contributed by atoms with E-state index in [1.165, 1.54) is 18.2 Å². The van der Waals surface area contributed by atoms with Crippen LogP contribution in [-0.4, -0.2) is 11.3 Å². The second-order valence-corrected chi connectivity index (χ2v) is 4.41. The van der Waals surface area contributed by atoms with Gasteiger partial charge < -0.3 is 10.1 Å². The van der Waals surface area contributed by atoms with E-state index in [-0.39, 0.29) is 12.1 Å². The van der Waals surface area contributed by atoms with Crippen LogP contribution in [0.4, 0.5) is 32.2 Å². The average Bonchev–Trinajstić information content (AvgIpc) is 2.44. The van der Waals surface area contributed by atoms with E-state index in [9.17, 15) is 26.3 Å². The summed E-state index contributed by atoms with van der Waals surface area (Å²) in [6, 6.07) is 7.11. The number of aromatic nitrogens is 1. The van der Waals surface area contributed by atoms with Crippen molar-refractivity contribution in [3.8, 4) is 5.75 Å². The van der Waals surface area contributed by atoms with Crippen LogP contribution in [-0.2, 0) is 12.7 Å². The molecule has 9 heteroatoms. The molecule has 0 amide bonds. The van der Waals surface area contributed by atoms with Crippen molar-refractivity contribution in [3.63, 3.8) is 0 Å². The van der Waals surface area contributed by atoms with E-state index in [2.05, 4.69) is 15.0 Å². The van der Waals surface area contributed by atoms with Crippen molar-refractivity contribution in [3.05, 3.63) is 53.7 Å². The molecular formula is C14H10F6N2O. The monoisotopic (exact) mass is 336 g/mol. The number of anilines is 1. The maximum atomic E-state index is 12.8. The molecule has 23 heavy (non-hydrogen) atoms. The van der Waals surface area contributed by atoms with Crippen molar-refractivity contribution in [2.24, 2.45) is 0 Å². The highest BCUT2D eigenvalue weighted by molar-refractivity contribution is 5.47. The second kappa shape index (κ2) is 6.35. The molecule has 1 aromatic carbocycles. The van der Waals surface area contributed by atoms with Gasteiger partial charge in [-0.2, -0.15) is 13.2 Å². The van der Waals surface area contributed by atoms with Gasteiger partial charge in [-0.05, 0) is 18.2 Å². The van der Waals surface area contributed by atoms with E-state index in [1.807, 2.05) is 0 Å². The predicted octanol–water partition coefficient (Wildman–Crippen LogP) is 4.61. The summed E-state index contributed by atoms with van der Waals surface area (Å²) in [7, 11) is 0. The van der Waals surface area contributed by atoms with Gasteiger partial charge in [0, 0.05) is 18.3 Å². The first-order valence-corrected chi connectivity index (χ1v) is 6.26. The zero-order chi connectivity index (χ0) is 17.1. The maximum Gasteiger partial charge on any atom is 0.573 e. The van der Waals surface area contributed by atoms with Gasteiger partial charge >= 0.3 is 12.5 Å². The smallest absolute Gasteiger partial charge is 0.405 e. The van der Waals surface area contributed by atoms with E-state index in [1.54, 1.807) is 0 Å². The van der Waals surface area contributed by atoms with E-state index >= 15 is 0 Å². The number of hydrogen-bond donors (Lipinski definition) is 1. The molecule has 0 radical (unpaired) electrons. The van der Waals surface area contributed by atoms with E-state index in [0.717, 1.165) is 24.4 Å². The molecular weight excluding hydrogens is 326 g/mol. The van der Waals surface area contributed by atoms with Gasteiger partial charge in [0.2, 0.25) is 0 Å². The molecule has 0 saturated heterocycles. The normalized spacial score (nSPS) is 12.1. The summed E-state index contributed by atoms with van der Waals surface area (Å²) in [5, 5.41) is 2.38. The Morgan fingerprint density at radius 3 is 2.30 bits per heavy atom. The van der Waals surface area contributed by atoms with Crippen LogP contribution in [0.1, 0.15) is 11.1 Å². The Bertz CT molecular complexity index is 669. The SMILES string of the molecule is FC(F)(F)Oc1ccccc1CNc1ncccc1C(F)(F)F. The fraction of sp³-hybridized carbons (Fsp3) is 0.214. The fourth-order valence-electron chi connectivity index (χ4n) is 1.83. The van der Waals surface area contributed by atoms with Gasteiger partial charge in [0.25, 0.3) is 0 Å². The molecule has 0 aliphatic heterocycles. The molecule has 0 unspecified atom stereocenters. The highest BCUT2D eigenvalue weighted by Gasteiger charge is 2.34. The van der Waals surface area contributed by atoms with Crippen LogP contribution < -0.4 is 10.1 Å². The van der Waals surface area contributed by atoms with E-state index in [0.29, 0.717) is 0 Å². The molecule has 0 atom stereocenters. The maximum absolute atomic E-state index is 12.8. The topological polar surface area (TPSA) is 34.1 Å². The third-order valence-electron chi connectivity index (χ3n) is 2.76. The lowest BCUT2D eigenvalue weighted by atomic mass is 10.2. The first kappa shape index (κ1) is 16.9. The number of ether oxygens (including phenoxy) is 1. The molecule has 2 rings (SSSR count). The minimum atomic E-state index is -4.89. The number of para-hydroxylation sites is 1. The van der Waals surface area contributed by atoms with Gasteiger partial charge in [-0.3, -0.25) is 0 Å². The molecule has 0 fully saturated rings. The Hall–Kier alpha value is -2.45. The average molecular weight is 336 g/mol. The number of nitrogens with one attached hydrogen (secondary N) is 1. The summed E-state index contributed by atoms with van der Waals surface area (Å²) in [5.74, 6) is -0.959. The highest BCUT2D eigenvalue weighted by Crippen LogP contribution is 2.34. The van der Waals surface area contributed by atoms with Gasteiger partial charge in [-0.25, -0.2) is 4.98 Å². The van der Waals surface area contributed by atoms with Crippen molar-refractivity contribution >= 4 is 5.82 Å². The largest absolute Gasteiger partial charge is 0.573 e. The first-order valence-electron chi connectivity index (χ1n) is 6.26. The quantitative estimate of drug-likeness (QED) is 0.828. The number of hydrogen-bond acceptors (Lipinski definition) is 3. The molecule has 1 heterocycles. The second-order valence-electron chi connectivity index (χ2n) is 4.41. The Labute approximate surface area is 126 Å². The zero-order valence-corrected chi connectivity index (χ0v) is 11.4. The number of nitrogens with zero attached hydrogens (tertiary/aromatic N) is 1. The number of halogens is 6. The Morgan fingerprint density at radius 2 is 1.65 bits per heavy atom. The lowest BCUT2D eigenvalue weighted by Crippen LogP contribution is -2.19. The van der Waals surface area contributed by atoms with Crippen LogP contribution in [0.2, 0.25) is 0 Å². The van der Waals surface area contributed by atoms with Gasteiger partial charge in [-0.15, -0.1) is 13.2 Å². The minimum absolute atomic E-state index is 0.0450. The number of rotatable bonds is 4. The van der Waals surface area contributed by atoms with Crippen molar-refractivity contribution < 1.29 is 31.1 Å². The van der Waals surface area contributed by atoms with Crippen LogP contribution in [0, 0.1) is 0 Å². The number of pyridine rings is 1. The Morgan fingerprint density at radius 1 is 0.957 bits per heavy atom. The standard InChI is InChI=1S/C14H10F6N2O/c15-13(16,17)10-5-3-7-21-12(10)22-8-9-4-1-2-6-11(9)23-14(18,19)20/h1-7H,8H2,(H,21,22). The molecule has 0 spiro atoms. The van der Waals surface area contributed by atoms with Gasteiger partial charge in [0.05, 0.1) is 5.56 Å². The van der Waals surface area contributed by atoms with E-state index in [4.69, 9.17) is 0 Å². The van der Waals surface area contributed by atoms with Crippen molar-refractivity contribution in [2.75, 3.05) is 5.32 Å². The summed E-state index contributed by atoms with van der Waals surface area (Å²) in [4.78, 5) is 3.57. The van der Waals surface area contributed by atoms with Gasteiger partial charge in [0.1, 0.15) is 11.6 Å². The van der Waals surface area contributed by atoms with Crippen LogP contribution in [0.5, 0.6) is 5.75 Å². The van der Waals surface area contributed by atoms with Gasteiger partial charge in [-0.1, -0.05) is 18.2 Å². The third kappa shape index (κ3) is 4.76. The lowest BCUT2D eigenvalue weighted by molar-refractivity contribution is -0.274. The molecule has 124 valence electrons. The van der Waals surface area contributed by atoms with Crippen LogP contribution >= 0.6 is 0 Å². The molecule has 1 N–H and O–H groups in total.